The summed E-state index contributed by atoms with van der Waals surface area (Å²) in [4.78, 5) is 17.0. The van der Waals surface area contributed by atoms with Gasteiger partial charge in [-0.2, -0.15) is 0 Å². The number of morpholine rings is 1. The van der Waals surface area contributed by atoms with Crippen LogP contribution in [0.5, 0.6) is 0 Å². The average molecular weight is 311 g/mol. The van der Waals surface area contributed by atoms with Crippen molar-refractivity contribution in [1.82, 2.24) is 15.1 Å². The Hall–Kier alpha value is -0.690. The first kappa shape index (κ1) is 16.2. The van der Waals surface area contributed by atoms with Crippen LogP contribution in [0, 0.1) is 5.41 Å². The second-order valence-electron chi connectivity index (χ2n) is 8.07. The van der Waals surface area contributed by atoms with Gasteiger partial charge in [0.25, 0.3) is 0 Å². The zero-order chi connectivity index (χ0) is 16.0. The molecule has 0 radical (unpaired) electrons. The van der Waals surface area contributed by atoms with Gasteiger partial charge >= 0.3 is 0 Å². The highest BCUT2D eigenvalue weighted by Gasteiger charge is 2.48. The highest BCUT2D eigenvalue weighted by Crippen LogP contribution is 2.32. The molecule has 0 spiro atoms. The van der Waals surface area contributed by atoms with Crippen LogP contribution in [0.1, 0.15) is 27.2 Å². The molecule has 126 valence electrons. The Morgan fingerprint density at radius 1 is 1.36 bits per heavy atom. The van der Waals surface area contributed by atoms with Crippen molar-refractivity contribution >= 4 is 5.91 Å². The lowest BCUT2D eigenvalue weighted by Gasteiger charge is -2.53. The molecule has 3 aliphatic heterocycles. The van der Waals surface area contributed by atoms with Crippen molar-refractivity contribution in [1.29, 1.82) is 0 Å². The molecule has 0 aliphatic carbocycles. The Morgan fingerprint density at radius 2 is 2.14 bits per heavy atom. The topological polar surface area (TPSA) is 65.0 Å². The van der Waals surface area contributed by atoms with E-state index in [4.69, 9.17) is 4.74 Å². The molecule has 3 saturated heterocycles. The Kier molecular flexibility index (Phi) is 4.22. The Bertz CT molecular complexity index is 437. The van der Waals surface area contributed by atoms with Crippen LogP contribution in [0.15, 0.2) is 0 Å². The summed E-state index contributed by atoms with van der Waals surface area (Å²) in [5.74, 6) is 0.137. The van der Waals surface area contributed by atoms with E-state index in [1.807, 2.05) is 0 Å². The number of aliphatic hydroxyl groups excluding tert-OH is 1. The molecule has 0 aromatic heterocycles. The number of amides is 1. The molecule has 1 unspecified atom stereocenters. The number of piperazine rings is 1. The first-order valence-corrected chi connectivity index (χ1v) is 8.34. The normalized spacial score (nSPS) is 37.9. The Labute approximate surface area is 132 Å². The molecule has 3 heterocycles. The summed E-state index contributed by atoms with van der Waals surface area (Å²) in [5, 5.41) is 13.1. The van der Waals surface area contributed by atoms with E-state index in [1.54, 1.807) is 0 Å². The van der Waals surface area contributed by atoms with Crippen molar-refractivity contribution < 1.29 is 14.6 Å². The SMILES string of the molecule is CC(C)(C)[C@@H]1C[C@H](N2CCN3CCOCC3(CO)C2)C(=O)N1. The summed E-state index contributed by atoms with van der Waals surface area (Å²) in [7, 11) is 0. The Morgan fingerprint density at radius 3 is 2.77 bits per heavy atom. The first-order chi connectivity index (χ1) is 10.4. The van der Waals surface area contributed by atoms with E-state index in [0.717, 1.165) is 32.7 Å². The van der Waals surface area contributed by atoms with E-state index in [9.17, 15) is 9.90 Å². The Balaban J connectivity index is 1.72. The predicted octanol–water partition coefficient (Wildman–Crippen LogP) is -0.331. The van der Waals surface area contributed by atoms with E-state index >= 15 is 0 Å². The number of ether oxygens (including phenoxy) is 1. The third-order valence-electron chi connectivity index (χ3n) is 5.56. The van der Waals surface area contributed by atoms with Gasteiger partial charge in [0.15, 0.2) is 0 Å². The van der Waals surface area contributed by atoms with E-state index in [2.05, 4.69) is 35.9 Å². The number of hydrogen-bond donors (Lipinski definition) is 2. The number of fused-ring (bicyclic) bond motifs is 1. The quantitative estimate of drug-likeness (QED) is 0.731. The molecule has 3 aliphatic rings. The van der Waals surface area contributed by atoms with Gasteiger partial charge in [-0.05, 0) is 11.8 Å². The van der Waals surface area contributed by atoms with Crippen LogP contribution in [0.4, 0.5) is 0 Å². The fraction of sp³-hybridized carbons (Fsp3) is 0.938. The fourth-order valence-corrected chi connectivity index (χ4v) is 3.97. The maximum atomic E-state index is 12.4. The monoisotopic (exact) mass is 311 g/mol. The number of hydrogen-bond acceptors (Lipinski definition) is 5. The van der Waals surface area contributed by atoms with E-state index in [1.165, 1.54) is 0 Å². The van der Waals surface area contributed by atoms with Crippen LogP contribution >= 0.6 is 0 Å². The molecule has 2 N–H and O–H groups in total. The maximum Gasteiger partial charge on any atom is 0.237 e. The minimum absolute atomic E-state index is 0.0725. The first-order valence-electron chi connectivity index (χ1n) is 8.34. The van der Waals surface area contributed by atoms with Crippen molar-refractivity contribution in [3.05, 3.63) is 0 Å². The molecule has 6 heteroatoms. The number of nitrogens with zero attached hydrogens (tertiary/aromatic N) is 2. The van der Waals surface area contributed by atoms with Gasteiger partial charge in [-0.15, -0.1) is 0 Å². The van der Waals surface area contributed by atoms with Crippen molar-refractivity contribution in [2.24, 2.45) is 5.41 Å². The molecule has 0 aromatic rings. The van der Waals surface area contributed by atoms with Crippen molar-refractivity contribution in [2.75, 3.05) is 46.0 Å². The van der Waals surface area contributed by atoms with Crippen molar-refractivity contribution in [3.63, 3.8) is 0 Å². The molecule has 0 aromatic carbocycles. The van der Waals surface area contributed by atoms with E-state index < -0.39 is 0 Å². The number of nitrogens with one attached hydrogen (secondary N) is 1. The lowest BCUT2D eigenvalue weighted by Crippen LogP contribution is -2.70. The van der Waals surface area contributed by atoms with Crippen molar-refractivity contribution in [3.8, 4) is 0 Å². The number of rotatable bonds is 2. The van der Waals surface area contributed by atoms with E-state index in [0.29, 0.717) is 13.2 Å². The minimum Gasteiger partial charge on any atom is -0.394 e. The fourth-order valence-electron chi connectivity index (χ4n) is 3.97. The number of carbonyl (C=O) groups excluding carboxylic acids is 1. The summed E-state index contributed by atoms with van der Waals surface area (Å²) < 4.78 is 5.62. The highest BCUT2D eigenvalue weighted by molar-refractivity contribution is 5.84. The summed E-state index contributed by atoms with van der Waals surface area (Å²) in [6.45, 7) is 11.2. The zero-order valence-electron chi connectivity index (χ0n) is 14.0. The van der Waals surface area contributed by atoms with Gasteiger partial charge in [0.05, 0.1) is 31.4 Å². The van der Waals surface area contributed by atoms with Gasteiger partial charge in [0.1, 0.15) is 0 Å². The maximum absolute atomic E-state index is 12.4. The molecular formula is C16H29N3O3. The molecule has 3 atom stereocenters. The predicted molar refractivity (Wildman–Crippen MR) is 83.6 cm³/mol. The van der Waals surface area contributed by atoms with Gasteiger partial charge in [-0.1, -0.05) is 20.8 Å². The number of aliphatic hydroxyl groups is 1. The summed E-state index contributed by atoms with van der Waals surface area (Å²) in [5.41, 5.74) is -0.258. The average Bonchev–Trinajstić information content (AvgIpc) is 2.89. The summed E-state index contributed by atoms with van der Waals surface area (Å²) >= 11 is 0. The lowest BCUT2D eigenvalue weighted by atomic mass is 9.85. The molecular weight excluding hydrogens is 282 g/mol. The van der Waals surface area contributed by atoms with Gasteiger partial charge in [-0.25, -0.2) is 0 Å². The second kappa shape index (κ2) is 5.74. The van der Waals surface area contributed by atoms with Crippen LogP contribution in [-0.2, 0) is 9.53 Å². The van der Waals surface area contributed by atoms with Crippen LogP contribution in [-0.4, -0.2) is 84.4 Å². The molecule has 3 rings (SSSR count). The summed E-state index contributed by atoms with van der Waals surface area (Å²) in [6.07, 6.45) is 0.852. The van der Waals surface area contributed by atoms with Crippen molar-refractivity contribution in [2.45, 2.75) is 44.8 Å². The van der Waals surface area contributed by atoms with E-state index in [-0.39, 0.29) is 35.6 Å². The molecule has 3 fully saturated rings. The van der Waals surface area contributed by atoms with Crippen LogP contribution < -0.4 is 5.32 Å². The minimum atomic E-state index is -0.337. The van der Waals surface area contributed by atoms with Crippen LogP contribution in [0.25, 0.3) is 0 Å². The zero-order valence-corrected chi connectivity index (χ0v) is 14.0. The second-order valence-corrected chi connectivity index (χ2v) is 8.07. The third kappa shape index (κ3) is 2.77. The molecule has 1 amide bonds. The van der Waals surface area contributed by atoms with Gasteiger partial charge < -0.3 is 15.2 Å². The number of carbonyl (C=O) groups is 1. The van der Waals surface area contributed by atoms with Gasteiger partial charge in [-0.3, -0.25) is 14.6 Å². The molecule has 6 nitrogen and oxygen atoms in total. The third-order valence-corrected chi connectivity index (χ3v) is 5.56. The highest BCUT2D eigenvalue weighted by atomic mass is 16.5. The lowest BCUT2D eigenvalue weighted by molar-refractivity contribution is -0.141. The van der Waals surface area contributed by atoms with Gasteiger partial charge in [0.2, 0.25) is 5.91 Å². The molecule has 22 heavy (non-hydrogen) atoms. The van der Waals surface area contributed by atoms with Crippen LogP contribution in [0.3, 0.4) is 0 Å². The molecule has 0 saturated carbocycles. The van der Waals surface area contributed by atoms with Gasteiger partial charge in [0, 0.05) is 32.2 Å². The molecule has 0 bridgehead atoms. The summed E-state index contributed by atoms with van der Waals surface area (Å²) in [6, 6.07) is 0.146. The van der Waals surface area contributed by atoms with Crippen LogP contribution in [0.2, 0.25) is 0 Å². The smallest absolute Gasteiger partial charge is 0.237 e. The standard InChI is InChI=1S/C16H29N3O3/c1-15(2,3)13-8-12(14(21)17-13)18-4-5-19-6-7-22-11-16(19,9-18)10-20/h12-13,20H,4-11H2,1-3H3,(H,17,21)/t12-,13-,16?/m0/s1. The largest absolute Gasteiger partial charge is 0.394 e.